The molecule has 51 heavy (non-hydrogen) atoms. The van der Waals surface area contributed by atoms with Crippen LogP contribution >= 0.6 is 23.2 Å². The molecular formula is C37H41Cl2N3O8S. The number of ether oxygens (including phenoxy) is 4. The minimum absolute atomic E-state index is 0.0192. The van der Waals surface area contributed by atoms with Crippen LogP contribution in [0.3, 0.4) is 0 Å². The third-order valence-electron chi connectivity index (χ3n) is 8.09. The van der Waals surface area contributed by atoms with Crippen LogP contribution in [-0.2, 0) is 32.6 Å². The summed E-state index contributed by atoms with van der Waals surface area (Å²) in [5, 5.41) is 3.46. The molecule has 4 aromatic carbocycles. The van der Waals surface area contributed by atoms with E-state index in [9.17, 15) is 18.0 Å². The van der Waals surface area contributed by atoms with Gasteiger partial charge in [-0.1, -0.05) is 66.5 Å². The zero-order valence-corrected chi connectivity index (χ0v) is 31.3. The molecule has 0 aromatic heterocycles. The molecule has 0 radical (unpaired) electrons. The third kappa shape index (κ3) is 9.37. The van der Waals surface area contributed by atoms with E-state index in [1.54, 1.807) is 24.3 Å². The molecule has 1 atom stereocenters. The lowest BCUT2D eigenvalue weighted by atomic mass is 10.0. The van der Waals surface area contributed by atoms with Crippen molar-refractivity contribution in [1.82, 2.24) is 10.2 Å². The van der Waals surface area contributed by atoms with Gasteiger partial charge in [-0.25, -0.2) is 8.42 Å². The number of hydrogen-bond donors (Lipinski definition) is 1. The van der Waals surface area contributed by atoms with Crippen molar-refractivity contribution in [3.05, 3.63) is 106 Å². The van der Waals surface area contributed by atoms with E-state index in [1.807, 2.05) is 37.3 Å². The lowest BCUT2D eigenvalue weighted by Gasteiger charge is -2.34. The Morgan fingerprint density at radius 3 is 2.04 bits per heavy atom. The molecule has 0 heterocycles. The molecule has 0 saturated carbocycles. The van der Waals surface area contributed by atoms with Crippen molar-refractivity contribution in [2.75, 3.05) is 45.8 Å². The van der Waals surface area contributed by atoms with Crippen LogP contribution in [0.2, 0.25) is 10.0 Å². The quantitative estimate of drug-likeness (QED) is 0.132. The first-order valence-electron chi connectivity index (χ1n) is 16.0. The van der Waals surface area contributed by atoms with Crippen molar-refractivity contribution < 1.29 is 37.0 Å². The highest BCUT2D eigenvalue weighted by Gasteiger charge is 2.36. The summed E-state index contributed by atoms with van der Waals surface area (Å²) in [6.07, 6.45) is 0.774. The van der Waals surface area contributed by atoms with Crippen molar-refractivity contribution in [2.24, 2.45) is 0 Å². The van der Waals surface area contributed by atoms with Gasteiger partial charge in [-0.2, -0.15) is 0 Å². The monoisotopic (exact) mass is 757 g/mol. The first-order valence-corrected chi connectivity index (χ1v) is 18.2. The van der Waals surface area contributed by atoms with Gasteiger partial charge >= 0.3 is 0 Å². The van der Waals surface area contributed by atoms with Gasteiger partial charge in [0.05, 0.1) is 39.0 Å². The van der Waals surface area contributed by atoms with E-state index in [2.05, 4.69) is 5.32 Å². The van der Waals surface area contributed by atoms with Gasteiger partial charge in [0, 0.05) is 47.3 Å². The number of benzene rings is 4. The maximum Gasteiger partial charge on any atom is 0.265 e. The summed E-state index contributed by atoms with van der Waals surface area (Å²) in [6, 6.07) is 21.7. The van der Waals surface area contributed by atoms with Crippen LogP contribution in [-0.4, -0.2) is 72.7 Å². The molecule has 2 amide bonds. The van der Waals surface area contributed by atoms with Gasteiger partial charge in [-0.05, 0) is 48.4 Å². The fourth-order valence-corrected chi connectivity index (χ4v) is 7.33. The number of amides is 2. The molecule has 0 bridgehead atoms. The Labute approximate surface area is 309 Å². The fourth-order valence-electron chi connectivity index (χ4n) is 5.38. The van der Waals surface area contributed by atoms with Gasteiger partial charge < -0.3 is 29.2 Å². The lowest BCUT2D eigenvalue weighted by molar-refractivity contribution is -0.140. The summed E-state index contributed by atoms with van der Waals surface area (Å²) in [5.74, 6) is -0.213. The number of anilines is 1. The molecule has 0 unspecified atom stereocenters. The fraction of sp³-hybridized carbons (Fsp3) is 0.297. The van der Waals surface area contributed by atoms with Gasteiger partial charge in [0.2, 0.25) is 11.8 Å². The molecule has 1 N–H and O–H groups in total. The predicted molar refractivity (Wildman–Crippen MR) is 198 cm³/mol. The normalized spacial score (nSPS) is 11.7. The average Bonchev–Trinajstić information content (AvgIpc) is 3.14. The maximum absolute atomic E-state index is 14.9. The minimum atomic E-state index is -4.54. The van der Waals surface area contributed by atoms with Crippen molar-refractivity contribution >= 4 is 50.7 Å². The Balaban J connectivity index is 1.92. The summed E-state index contributed by atoms with van der Waals surface area (Å²) >= 11 is 13.2. The number of nitrogens with zero attached hydrogens (tertiary/aromatic N) is 2. The SMILES string of the molecule is CCCNC(=O)[C@H](Cc1ccccc1)N(Cc1c(Cl)cccc1Cl)C(=O)CN(c1cc(OC)ccc1OC)S(=O)(=O)c1ccc(OC)c(OC)c1. The van der Waals surface area contributed by atoms with Crippen LogP contribution in [0.1, 0.15) is 24.5 Å². The van der Waals surface area contributed by atoms with E-state index in [0.717, 1.165) is 9.87 Å². The van der Waals surface area contributed by atoms with Gasteiger partial charge in [0.15, 0.2) is 11.5 Å². The highest BCUT2D eigenvalue weighted by atomic mass is 35.5. The molecule has 4 aromatic rings. The van der Waals surface area contributed by atoms with E-state index in [4.69, 9.17) is 42.1 Å². The number of carbonyl (C=O) groups is 2. The smallest absolute Gasteiger partial charge is 0.265 e. The Bertz CT molecular complexity index is 1910. The molecule has 11 nitrogen and oxygen atoms in total. The van der Waals surface area contributed by atoms with E-state index in [1.165, 1.54) is 63.7 Å². The number of hydrogen-bond acceptors (Lipinski definition) is 8. The molecule has 0 fully saturated rings. The van der Waals surface area contributed by atoms with Crippen LogP contribution in [0.4, 0.5) is 5.69 Å². The van der Waals surface area contributed by atoms with Crippen molar-refractivity contribution in [2.45, 2.75) is 37.2 Å². The molecule has 0 aliphatic heterocycles. The molecule has 0 aliphatic rings. The molecule has 4 rings (SSSR count). The molecule has 14 heteroatoms. The maximum atomic E-state index is 14.9. The number of carbonyl (C=O) groups excluding carboxylic acids is 2. The Hall–Kier alpha value is -4.65. The standard InChI is InChI=1S/C37H41Cl2N3O8S/c1-6-19-40-37(44)32(20-25-11-8-7-9-12-25)41(23-28-29(38)13-10-14-30(28)39)36(43)24-42(31-21-26(47-2)15-17-33(31)48-3)51(45,46)27-16-18-34(49-4)35(22-27)50-5/h7-18,21-22,32H,6,19-20,23-24H2,1-5H3,(H,40,44)/t32-/m0/s1. The van der Waals surface area contributed by atoms with Crippen LogP contribution < -0.4 is 28.6 Å². The summed E-state index contributed by atoms with van der Waals surface area (Å²) in [6.45, 7) is 1.32. The summed E-state index contributed by atoms with van der Waals surface area (Å²) in [4.78, 5) is 29.9. The summed E-state index contributed by atoms with van der Waals surface area (Å²) in [5.41, 5.74) is 1.19. The molecular weight excluding hydrogens is 717 g/mol. The second kappa shape index (κ2) is 18.0. The largest absolute Gasteiger partial charge is 0.497 e. The van der Waals surface area contributed by atoms with Crippen molar-refractivity contribution in [3.8, 4) is 23.0 Å². The Morgan fingerprint density at radius 1 is 0.784 bits per heavy atom. The molecule has 0 aliphatic carbocycles. The van der Waals surface area contributed by atoms with E-state index >= 15 is 0 Å². The Morgan fingerprint density at radius 2 is 1.43 bits per heavy atom. The zero-order valence-electron chi connectivity index (χ0n) is 29.0. The van der Waals surface area contributed by atoms with E-state index in [-0.39, 0.29) is 45.1 Å². The number of nitrogens with one attached hydrogen (secondary N) is 1. The number of rotatable bonds is 17. The van der Waals surface area contributed by atoms with Gasteiger partial charge in [-0.3, -0.25) is 13.9 Å². The molecule has 0 saturated heterocycles. The van der Waals surface area contributed by atoms with E-state index in [0.29, 0.717) is 30.0 Å². The van der Waals surface area contributed by atoms with Crippen LogP contribution in [0.25, 0.3) is 0 Å². The number of sulfonamides is 1. The van der Waals surface area contributed by atoms with Crippen LogP contribution in [0.5, 0.6) is 23.0 Å². The highest BCUT2D eigenvalue weighted by Crippen LogP contribution is 2.38. The third-order valence-corrected chi connectivity index (χ3v) is 10.6. The second-order valence-corrected chi connectivity index (χ2v) is 14.0. The van der Waals surface area contributed by atoms with Crippen LogP contribution in [0.15, 0.2) is 89.8 Å². The van der Waals surface area contributed by atoms with Crippen LogP contribution in [0, 0.1) is 0 Å². The average molecular weight is 759 g/mol. The zero-order chi connectivity index (χ0) is 37.1. The molecule has 272 valence electrons. The first kappa shape index (κ1) is 39.1. The highest BCUT2D eigenvalue weighted by molar-refractivity contribution is 7.92. The van der Waals surface area contributed by atoms with E-state index < -0.39 is 34.4 Å². The van der Waals surface area contributed by atoms with Gasteiger partial charge in [0.25, 0.3) is 10.0 Å². The predicted octanol–water partition coefficient (Wildman–Crippen LogP) is 6.39. The summed E-state index contributed by atoms with van der Waals surface area (Å²) in [7, 11) is 1.09. The topological polar surface area (TPSA) is 124 Å². The van der Waals surface area contributed by atoms with Gasteiger partial charge in [-0.15, -0.1) is 0 Å². The molecule has 0 spiro atoms. The number of halogens is 2. The Kier molecular flexibility index (Phi) is 13.8. The summed E-state index contributed by atoms with van der Waals surface area (Å²) < 4.78 is 52.0. The van der Waals surface area contributed by atoms with Crippen molar-refractivity contribution in [1.29, 1.82) is 0 Å². The minimum Gasteiger partial charge on any atom is -0.497 e. The second-order valence-electron chi connectivity index (χ2n) is 11.3. The van der Waals surface area contributed by atoms with Gasteiger partial charge in [0.1, 0.15) is 24.1 Å². The lowest BCUT2D eigenvalue weighted by Crippen LogP contribution is -2.53. The van der Waals surface area contributed by atoms with Crippen molar-refractivity contribution in [3.63, 3.8) is 0 Å². The number of methoxy groups -OCH3 is 4. The first-order chi connectivity index (χ1) is 24.5.